The number of hydrogen-bond donors (Lipinski definition) is 4. The minimum atomic E-state index is -1.72. The van der Waals surface area contributed by atoms with Gasteiger partial charge in [0.15, 0.2) is 6.10 Å². The third-order valence-corrected chi connectivity index (χ3v) is 7.78. The van der Waals surface area contributed by atoms with Crippen molar-refractivity contribution in [3.05, 3.63) is 99.6 Å². The molecule has 1 aromatic heterocycles. The Morgan fingerprint density at radius 3 is 2.35 bits per heavy atom. The molecule has 1 aliphatic rings. The quantitative estimate of drug-likeness (QED) is 0.150. The van der Waals surface area contributed by atoms with Crippen molar-refractivity contribution in [2.45, 2.75) is 50.7 Å². The SMILES string of the molecule is O=C(N[C@@H](Cc1ccccc1)[C@H](O)C(=O)Nc1cccc(-c2nn[nH]n2)c1)c1cc(C(=O)N2CCCCCCC2)cc([N+](=O)[O-])c1. The van der Waals surface area contributed by atoms with Crippen molar-refractivity contribution in [2.24, 2.45) is 0 Å². The average Bonchev–Trinajstić information content (AvgIpc) is 3.59. The van der Waals surface area contributed by atoms with Crippen LogP contribution in [-0.4, -0.2) is 78.5 Å². The van der Waals surface area contributed by atoms with Crippen molar-refractivity contribution < 1.29 is 24.4 Å². The number of benzene rings is 3. The second-order valence-electron chi connectivity index (χ2n) is 11.1. The lowest BCUT2D eigenvalue weighted by Crippen LogP contribution is -2.50. The van der Waals surface area contributed by atoms with Gasteiger partial charge in [-0.1, -0.05) is 61.7 Å². The van der Waals surface area contributed by atoms with Gasteiger partial charge >= 0.3 is 0 Å². The van der Waals surface area contributed by atoms with Crippen LogP contribution in [0.5, 0.6) is 0 Å². The molecule has 0 unspecified atom stereocenters. The number of nitro benzene ring substituents is 1. The largest absolute Gasteiger partial charge is 0.381 e. The van der Waals surface area contributed by atoms with Crippen LogP contribution < -0.4 is 10.6 Å². The van der Waals surface area contributed by atoms with Gasteiger partial charge < -0.3 is 20.6 Å². The van der Waals surface area contributed by atoms with Crippen LogP contribution in [-0.2, 0) is 11.2 Å². The maximum Gasteiger partial charge on any atom is 0.271 e. The van der Waals surface area contributed by atoms with Crippen LogP contribution >= 0.6 is 0 Å². The third-order valence-electron chi connectivity index (χ3n) is 7.78. The molecule has 4 N–H and O–H groups in total. The van der Waals surface area contributed by atoms with E-state index in [9.17, 15) is 29.6 Å². The number of rotatable bonds is 10. The summed E-state index contributed by atoms with van der Waals surface area (Å²) in [6.45, 7) is 1.06. The van der Waals surface area contributed by atoms with Gasteiger partial charge in [-0.3, -0.25) is 24.5 Å². The summed E-state index contributed by atoms with van der Waals surface area (Å²) < 4.78 is 0. The number of nitrogens with one attached hydrogen (secondary N) is 3. The molecule has 3 aromatic carbocycles. The van der Waals surface area contributed by atoms with E-state index >= 15 is 0 Å². The van der Waals surface area contributed by atoms with Gasteiger partial charge in [0.05, 0.1) is 11.0 Å². The Labute approximate surface area is 264 Å². The Morgan fingerprint density at radius 2 is 1.65 bits per heavy atom. The average molecular weight is 627 g/mol. The molecule has 1 aliphatic heterocycles. The predicted octanol–water partition coefficient (Wildman–Crippen LogP) is 3.52. The summed E-state index contributed by atoms with van der Waals surface area (Å²) in [5, 5.41) is 42.1. The Balaban J connectivity index is 1.38. The van der Waals surface area contributed by atoms with Gasteiger partial charge in [0.2, 0.25) is 5.82 Å². The standard InChI is InChI=1S/C32H34N8O6/c41-28(31(43)33-25-13-9-12-22(18-25)29-35-37-38-36-29)27(16-21-10-5-4-6-11-21)34-30(42)23-17-24(20-26(19-23)40(45)46)32(44)39-14-7-2-1-3-8-15-39/h4-6,9-13,17-20,27-28,41H,1-3,7-8,14-16H2,(H,33,43)(H,34,42)(H,35,36,37,38)/t27-,28-/m0/s1. The van der Waals surface area contributed by atoms with Crippen LogP contribution in [0.4, 0.5) is 11.4 Å². The predicted molar refractivity (Wildman–Crippen MR) is 168 cm³/mol. The molecule has 238 valence electrons. The Kier molecular flexibility index (Phi) is 10.4. The summed E-state index contributed by atoms with van der Waals surface area (Å²) in [5.74, 6) is -1.65. The number of tetrazole rings is 1. The summed E-state index contributed by atoms with van der Waals surface area (Å²) in [6, 6.07) is 18.0. The van der Waals surface area contributed by atoms with E-state index in [1.165, 1.54) is 12.1 Å². The van der Waals surface area contributed by atoms with Crippen molar-refractivity contribution >= 4 is 29.1 Å². The number of non-ortho nitro benzene ring substituents is 1. The zero-order chi connectivity index (χ0) is 32.5. The van der Waals surface area contributed by atoms with Gasteiger partial charge in [-0.2, -0.15) is 5.21 Å². The minimum Gasteiger partial charge on any atom is -0.381 e. The number of H-pyrrole nitrogens is 1. The fraction of sp³-hybridized carbons (Fsp3) is 0.312. The fourth-order valence-electron chi connectivity index (χ4n) is 5.38. The van der Waals surface area contributed by atoms with Crippen molar-refractivity contribution in [2.75, 3.05) is 18.4 Å². The highest BCUT2D eigenvalue weighted by atomic mass is 16.6. The molecule has 0 radical (unpaired) electrons. The first-order valence-electron chi connectivity index (χ1n) is 15.0. The van der Waals surface area contributed by atoms with E-state index in [0.717, 1.165) is 43.7 Å². The highest BCUT2D eigenvalue weighted by Gasteiger charge is 2.30. The molecule has 14 nitrogen and oxygen atoms in total. The molecular formula is C32H34N8O6. The minimum absolute atomic E-state index is 0.0271. The molecule has 0 saturated carbocycles. The molecule has 2 heterocycles. The maximum absolute atomic E-state index is 13.6. The maximum atomic E-state index is 13.6. The molecule has 4 aromatic rings. The highest BCUT2D eigenvalue weighted by molar-refractivity contribution is 6.01. The summed E-state index contributed by atoms with van der Waals surface area (Å²) in [7, 11) is 0. The molecule has 46 heavy (non-hydrogen) atoms. The first kappa shape index (κ1) is 31.9. The molecule has 1 fully saturated rings. The zero-order valence-corrected chi connectivity index (χ0v) is 25.0. The topological polar surface area (TPSA) is 196 Å². The van der Waals surface area contributed by atoms with E-state index in [4.69, 9.17) is 0 Å². The first-order chi connectivity index (χ1) is 22.3. The number of anilines is 1. The van der Waals surface area contributed by atoms with E-state index in [-0.39, 0.29) is 23.5 Å². The van der Waals surface area contributed by atoms with E-state index in [2.05, 4.69) is 31.3 Å². The van der Waals surface area contributed by atoms with Gasteiger partial charge in [-0.25, -0.2) is 0 Å². The molecular weight excluding hydrogens is 592 g/mol. The Bertz CT molecular complexity index is 1670. The molecule has 5 rings (SSSR count). The number of nitrogens with zero attached hydrogens (tertiary/aromatic N) is 5. The fourth-order valence-corrected chi connectivity index (χ4v) is 5.38. The lowest BCUT2D eigenvalue weighted by Gasteiger charge is -2.25. The summed E-state index contributed by atoms with van der Waals surface area (Å²) in [5.41, 5.74) is 1.12. The number of aromatic amines is 1. The van der Waals surface area contributed by atoms with Gasteiger partial charge in [0.1, 0.15) is 0 Å². The van der Waals surface area contributed by atoms with Gasteiger partial charge in [-0.05, 0) is 48.2 Å². The van der Waals surface area contributed by atoms with Crippen LogP contribution in [0.25, 0.3) is 11.4 Å². The number of nitro groups is 1. The Hall–Kier alpha value is -5.50. The van der Waals surface area contributed by atoms with Crippen LogP contribution in [0.2, 0.25) is 0 Å². The van der Waals surface area contributed by atoms with E-state index in [0.29, 0.717) is 30.2 Å². The first-order valence-corrected chi connectivity index (χ1v) is 15.0. The van der Waals surface area contributed by atoms with Crippen molar-refractivity contribution in [1.82, 2.24) is 30.8 Å². The third kappa shape index (κ3) is 8.15. The number of amides is 3. The molecule has 1 saturated heterocycles. The number of aliphatic hydroxyl groups excluding tert-OH is 1. The van der Waals surface area contributed by atoms with E-state index in [1.54, 1.807) is 53.4 Å². The molecule has 2 atom stereocenters. The lowest BCUT2D eigenvalue weighted by atomic mass is 9.99. The van der Waals surface area contributed by atoms with E-state index in [1.807, 2.05) is 6.07 Å². The monoisotopic (exact) mass is 626 g/mol. The number of carbonyl (C=O) groups is 3. The van der Waals surface area contributed by atoms with Crippen LogP contribution in [0.15, 0.2) is 72.8 Å². The normalized spacial score (nSPS) is 14.8. The molecule has 0 bridgehead atoms. The number of carbonyl (C=O) groups excluding carboxylic acids is 3. The molecule has 0 spiro atoms. The highest BCUT2D eigenvalue weighted by Crippen LogP contribution is 2.22. The van der Waals surface area contributed by atoms with Crippen LogP contribution in [0, 0.1) is 10.1 Å². The summed E-state index contributed by atoms with van der Waals surface area (Å²) in [6.07, 6.45) is 3.10. The summed E-state index contributed by atoms with van der Waals surface area (Å²) >= 11 is 0. The second-order valence-corrected chi connectivity index (χ2v) is 11.1. The van der Waals surface area contributed by atoms with Crippen LogP contribution in [0.1, 0.15) is 58.4 Å². The van der Waals surface area contributed by atoms with Crippen molar-refractivity contribution in [3.63, 3.8) is 0 Å². The van der Waals surface area contributed by atoms with Gasteiger partial charge in [-0.15, -0.1) is 10.2 Å². The lowest BCUT2D eigenvalue weighted by molar-refractivity contribution is -0.384. The van der Waals surface area contributed by atoms with Gasteiger partial charge in [0.25, 0.3) is 23.4 Å². The number of likely N-dealkylation sites (tertiary alicyclic amines) is 1. The zero-order valence-electron chi connectivity index (χ0n) is 25.0. The smallest absolute Gasteiger partial charge is 0.271 e. The number of aromatic nitrogens is 4. The van der Waals surface area contributed by atoms with E-state index < -0.39 is 34.6 Å². The van der Waals surface area contributed by atoms with Crippen molar-refractivity contribution in [1.29, 1.82) is 0 Å². The van der Waals surface area contributed by atoms with Crippen LogP contribution in [0.3, 0.4) is 0 Å². The van der Waals surface area contributed by atoms with Gasteiger partial charge in [0, 0.05) is 47.6 Å². The van der Waals surface area contributed by atoms with Crippen molar-refractivity contribution in [3.8, 4) is 11.4 Å². The Morgan fingerprint density at radius 1 is 0.935 bits per heavy atom. The summed E-state index contributed by atoms with van der Waals surface area (Å²) in [4.78, 5) is 53.1. The second kappa shape index (κ2) is 15.0. The molecule has 3 amide bonds. The molecule has 0 aliphatic carbocycles. The molecule has 14 heteroatoms. The number of hydrogen-bond acceptors (Lipinski definition) is 9. The number of aliphatic hydroxyl groups is 1.